The Labute approximate surface area is 204 Å². The summed E-state index contributed by atoms with van der Waals surface area (Å²) >= 11 is 0. The Balaban J connectivity index is 1.54. The van der Waals surface area contributed by atoms with Crippen LogP contribution < -0.4 is 20.2 Å². The van der Waals surface area contributed by atoms with Gasteiger partial charge < -0.3 is 14.8 Å². The fraction of sp³-hybridized carbons (Fsp3) is 0.185. The third-order valence-corrected chi connectivity index (χ3v) is 5.09. The van der Waals surface area contributed by atoms with Crippen molar-refractivity contribution in [3.8, 4) is 17.6 Å². The van der Waals surface area contributed by atoms with Gasteiger partial charge in [-0.25, -0.2) is 5.43 Å². The first-order valence-corrected chi connectivity index (χ1v) is 10.9. The molecule has 3 rings (SSSR count). The van der Waals surface area contributed by atoms with Gasteiger partial charge in [0.05, 0.1) is 25.0 Å². The number of methoxy groups -OCH3 is 1. The van der Waals surface area contributed by atoms with Crippen molar-refractivity contribution in [2.75, 3.05) is 12.4 Å². The number of benzene rings is 3. The molecule has 8 nitrogen and oxygen atoms in total. The molecule has 0 aromatic heterocycles. The summed E-state index contributed by atoms with van der Waals surface area (Å²) in [7, 11) is 1.52. The second kappa shape index (κ2) is 12.0. The van der Waals surface area contributed by atoms with Crippen LogP contribution in [-0.2, 0) is 16.2 Å². The zero-order chi connectivity index (χ0) is 25.2. The summed E-state index contributed by atoms with van der Waals surface area (Å²) < 4.78 is 11.2. The van der Waals surface area contributed by atoms with Crippen molar-refractivity contribution in [1.29, 1.82) is 5.26 Å². The van der Waals surface area contributed by atoms with E-state index in [0.29, 0.717) is 28.3 Å². The number of carbonyl (C=O) groups is 2. The number of hydrazone groups is 1. The molecule has 178 valence electrons. The molecule has 35 heavy (non-hydrogen) atoms. The lowest BCUT2D eigenvalue weighted by molar-refractivity contribution is -0.126. The Morgan fingerprint density at radius 1 is 1.03 bits per heavy atom. The number of nitrogens with one attached hydrogen (secondary N) is 2. The van der Waals surface area contributed by atoms with E-state index < -0.39 is 11.8 Å². The number of ether oxygens (including phenoxy) is 2. The fourth-order valence-electron chi connectivity index (χ4n) is 3.31. The Morgan fingerprint density at radius 3 is 2.57 bits per heavy atom. The van der Waals surface area contributed by atoms with Crippen LogP contribution in [0.3, 0.4) is 0 Å². The van der Waals surface area contributed by atoms with E-state index in [4.69, 9.17) is 9.47 Å². The molecular weight excluding hydrogens is 444 g/mol. The Morgan fingerprint density at radius 2 is 1.83 bits per heavy atom. The molecule has 0 aliphatic heterocycles. The molecular formula is C27H26N4O4. The minimum absolute atomic E-state index is 0.216. The van der Waals surface area contributed by atoms with Gasteiger partial charge in [-0.1, -0.05) is 35.9 Å². The Kier molecular flexibility index (Phi) is 8.57. The molecule has 2 N–H and O–H groups in total. The Bertz CT molecular complexity index is 1290. The summed E-state index contributed by atoms with van der Waals surface area (Å²) in [5, 5.41) is 15.9. The zero-order valence-electron chi connectivity index (χ0n) is 19.8. The monoisotopic (exact) mass is 470 g/mol. The molecule has 0 spiro atoms. The first-order chi connectivity index (χ1) is 16.9. The van der Waals surface area contributed by atoms with Crippen molar-refractivity contribution >= 4 is 23.7 Å². The van der Waals surface area contributed by atoms with Crippen molar-refractivity contribution in [3.63, 3.8) is 0 Å². The largest absolute Gasteiger partial charge is 0.493 e. The summed E-state index contributed by atoms with van der Waals surface area (Å²) in [4.78, 5) is 24.2. The maximum absolute atomic E-state index is 12.1. The SMILES string of the molecule is COc1cc(C=NNC(=O)CC(=O)Nc2ccc(C)cc2C)ccc1OCc1ccccc1C#N. The van der Waals surface area contributed by atoms with Crippen molar-refractivity contribution < 1.29 is 19.1 Å². The first kappa shape index (κ1) is 25.0. The minimum atomic E-state index is -0.536. The standard InChI is InChI=1S/C27H26N4O4/c1-18-8-10-23(19(2)12-18)30-26(32)14-27(33)31-29-16-20-9-11-24(25(13-20)34-3)35-17-22-7-5-4-6-21(22)15-28/h4-13,16H,14,17H2,1-3H3,(H,30,32)(H,31,33). The van der Waals surface area contributed by atoms with Crippen LogP contribution in [0.4, 0.5) is 5.69 Å². The van der Waals surface area contributed by atoms with Crippen LogP contribution in [0.25, 0.3) is 0 Å². The van der Waals surface area contributed by atoms with E-state index in [2.05, 4.69) is 21.9 Å². The van der Waals surface area contributed by atoms with Gasteiger partial charge in [-0.2, -0.15) is 10.4 Å². The van der Waals surface area contributed by atoms with Gasteiger partial charge in [0.1, 0.15) is 13.0 Å². The van der Waals surface area contributed by atoms with Crippen molar-refractivity contribution in [2.45, 2.75) is 26.9 Å². The van der Waals surface area contributed by atoms with Gasteiger partial charge in [-0.05, 0) is 55.3 Å². The van der Waals surface area contributed by atoms with Gasteiger partial charge >= 0.3 is 0 Å². The summed E-state index contributed by atoms with van der Waals surface area (Å²) in [6.45, 7) is 4.08. The average Bonchev–Trinajstić information content (AvgIpc) is 2.85. The number of hydrogen-bond donors (Lipinski definition) is 2. The smallest absolute Gasteiger partial charge is 0.249 e. The van der Waals surface area contributed by atoms with E-state index in [-0.39, 0.29) is 13.0 Å². The van der Waals surface area contributed by atoms with E-state index in [1.807, 2.05) is 44.2 Å². The number of aryl methyl sites for hydroxylation is 2. The van der Waals surface area contributed by atoms with Crippen LogP contribution in [0.2, 0.25) is 0 Å². The number of nitriles is 1. The minimum Gasteiger partial charge on any atom is -0.493 e. The molecule has 3 aromatic rings. The summed E-state index contributed by atoms with van der Waals surface area (Å²) in [6, 6.07) is 20.2. The summed E-state index contributed by atoms with van der Waals surface area (Å²) in [5.74, 6) is 0.0180. The topological polar surface area (TPSA) is 113 Å². The molecule has 0 fully saturated rings. The Hall–Kier alpha value is -4.64. The van der Waals surface area contributed by atoms with Crippen LogP contribution >= 0.6 is 0 Å². The molecule has 0 radical (unpaired) electrons. The molecule has 0 saturated heterocycles. The highest BCUT2D eigenvalue weighted by Crippen LogP contribution is 2.28. The lowest BCUT2D eigenvalue weighted by Gasteiger charge is -2.12. The normalized spacial score (nSPS) is 10.5. The average molecular weight is 471 g/mol. The predicted molar refractivity (Wildman–Crippen MR) is 133 cm³/mol. The maximum atomic E-state index is 12.1. The number of hydrogen-bond acceptors (Lipinski definition) is 6. The highest BCUT2D eigenvalue weighted by atomic mass is 16.5. The fourth-order valence-corrected chi connectivity index (χ4v) is 3.31. The summed E-state index contributed by atoms with van der Waals surface area (Å²) in [6.07, 6.45) is 1.09. The van der Waals surface area contributed by atoms with Gasteiger partial charge in [-0.15, -0.1) is 0 Å². The molecule has 0 aliphatic carbocycles. The molecule has 2 amide bonds. The predicted octanol–water partition coefficient (Wildman–Crippen LogP) is 4.24. The molecule has 0 aliphatic rings. The van der Waals surface area contributed by atoms with Crippen molar-refractivity contribution in [2.24, 2.45) is 5.10 Å². The molecule has 0 saturated carbocycles. The van der Waals surface area contributed by atoms with Crippen LogP contribution in [0, 0.1) is 25.2 Å². The van der Waals surface area contributed by atoms with Crippen LogP contribution in [0.15, 0.2) is 65.8 Å². The molecule has 3 aromatic carbocycles. The summed E-state index contributed by atoms with van der Waals surface area (Å²) in [5.41, 5.74) is 7.01. The quantitative estimate of drug-likeness (QED) is 0.276. The van der Waals surface area contributed by atoms with Crippen LogP contribution in [0.5, 0.6) is 11.5 Å². The zero-order valence-corrected chi connectivity index (χ0v) is 19.8. The second-order valence-corrected chi connectivity index (χ2v) is 7.80. The lowest BCUT2D eigenvalue weighted by atomic mass is 10.1. The van der Waals surface area contributed by atoms with Gasteiger partial charge in [-0.3, -0.25) is 9.59 Å². The van der Waals surface area contributed by atoms with Gasteiger partial charge in [0, 0.05) is 11.3 Å². The molecule has 0 atom stereocenters. The van der Waals surface area contributed by atoms with E-state index in [1.54, 1.807) is 30.3 Å². The highest BCUT2D eigenvalue weighted by molar-refractivity contribution is 6.04. The van der Waals surface area contributed by atoms with Gasteiger partial charge in [0.15, 0.2) is 11.5 Å². The molecule has 0 heterocycles. The third-order valence-electron chi connectivity index (χ3n) is 5.09. The number of carbonyl (C=O) groups excluding carboxylic acids is 2. The van der Waals surface area contributed by atoms with E-state index in [0.717, 1.165) is 16.7 Å². The van der Waals surface area contributed by atoms with Gasteiger partial charge in [0.25, 0.3) is 0 Å². The van der Waals surface area contributed by atoms with Crippen molar-refractivity contribution in [3.05, 3.63) is 88.5 Å². The number of amides is 2. The highest BCUT2D eigenvalue weighted by Gasteiger charge is 2.11. The third kappa shape index (κ3) is 7.17. The lowest BCUT2D eigenvalue weighted by Crippen LogP contribution is -2.24. The van der Waals surface area contributed by atoms with Crippen LogP contribution in [-0.4, -0.2) is 25.1 Å². The van der Waals surface area contributed by atoms with E-state index >= 15 is 0 Å². The molecule has 0 unspecified atom stereocenters. The number of rotatable bonds is 9. The molecule has 0 bridgehead atoms. The van der Waals surface area contributed by atoms with E-state index in [1.165, 1.54) is 13.3 Å². The van der Waals surface area contributed by atoms with Gasteiger partial charge in [0.2, 0.25) is 11.8 Å². The van der Waals surface area contributed by atoms with Crippen LogP contribution in [0.1, 0.15) is 34.2 Å². The number of anilines is 1. The number of nitrogens with zero attached hydrogens (tertiary/aromatic N) is 2. The molecule has 8 heteroatoms. The second-order valence-electron chi connectivity index (χ2n) is 7.80. The first-order valence-electron chi connectivity index (χ1n) is 10.9. The van der Waals surface area contributed by atoms with Crippen molar-refractivity contribution in [1.82, 2.24) is 5.43 Å². The van der Waals surface area contributed by atoms with E-state index in [9.17, 15) is 14.9 Å². The maximum Gasteiger partial charge on any atom is 0.249 e.